The first-order valence-electron chi connectivity index (χ1n) is 10.1. The molecule has 1 saturated heterocycles. The second kappa shape index (κ2) is 8.96. The number of aliphatic hydroxyl groups excluding tert-OH is 1. The van der Waals surface area contributed by atoms with Crippen molar-refractivity contribution in [1.82, 2.24) is 4.98 Å². The molecule has 1 unspecified atom stereocenters. The van der Waals surface area contributed by atoms with E-state index < -0.39 is 17.7 Å². The number of benzene rings is 2. The third kappa shape index (κ3) is 4.18. The topological polar surface area (TPSA) is 109 Å². The molecule has 0 spiro atoms. The fourth-order valence-electron chi connectivity index (χ4n) is 3.77. The summed E-state index contributed by atoms with van der Waals surface area (Å²) in [4.78, 5) is 42.9. The van der Waals surface area contributed by atoms with Crippen molar-refractivity contribution in [3.05, 3.63) is 89.8 Å². The summed E-state index contributed by atoms with van der Waals surface area (Å²) >= 11 is 0. The number of rotatable bonds is 5. The van der Waals surface area contributed by atoms with E-state index in [1.807, 2.05) is 0 Å². The monoisotopic (exact) mass is 443 g/mol. The van der Waals surface area contributed by atoms with Crippen LogP contribution in [0.2, 0.25) is 0 Å². The Morgan fingerprint density at radius 3 is 2.21 bits per heavy atom. The Bertz CT molecular complexity index is 1240. The zero-order valence-corrected chi connectivity index (χ0v) is 18.0. The van der Waals surface area contributed by atoms with Crippen LogP contribution in [0.1, 0.15) is 24.1 Å². The molecule has 4 rings (SSSR count). The number of nitrogens with zero attached hydrogens (tertiary/aromatic N) is 2. The van der Waals surface area contributed by atoms with E-state index in [0.717, 1.165) is 0 Å². The number of ether oxygens (including phenoxy) is 1. The summed E-state index contributed by atoms with van der Waals surface area (Å²) in [6.45, 7) is 1.40. The van der Waals surface area contributed by atoms with Gasteiger partial charge in [0, 0.05) is 36.3 Å². The maximum Gasteiger partial charge on any atom is 0.300 e. The molecule has 2 heterocycles. The molecule has 2 N–H and O–H groups in total. The number of aliphatic hydroxyl groups is 1. The lowest BCUT2D eigenvalue weighted by Crippen LogP contribution is -2.29. The minimum absolute atomic E-state index is 0.0256. The molecule has 3 aromatic rings. The molecule has 2 aromatic carbocycles. The summed E-state index contributed by atoms with van der Waals surface area (Å²) in [5, 5.41) is 13.8. The molecule has 0 saturated carbocycles. The third-order valence-corrected chi connectivity index (χ3v) is 5.30. The smallest absolute Gasteiger partial charge is 0.300 e. The first-order chi connectivity index (χ1) is 15.9. The van der Waals surface area contributed by atoms with Gasteiger partial charge in [0.25, 0.3) is 11.7 Å². The SMILES string of the molecule is COc1ccc(/C(O)=C2/C(=O)C(=O)N(c3ccc(NC(C)=O)cc3)C2c2ccncc2)cc1. The quantitative estimate of drug-likeness (QED) is 0.354. The zero-order chi connectivity index (χ0) is 23.5. The van der Waals surface area contributed by atoms with Gasteiger partial charge in [0.2, 0.25) is 5.91 Å². The number of nitrogens with one attached hydrogen (secondary N) is 1. The lowest BCUT2D eigenvalue weighted by atomic mass is 9.95. The van der Waals surface area contributed by atoms with E-state index in [9.17, 15) is 19.5 Å². The molecule has 1 aliphatic rings. The van der Waals surface area contributed by atoms with Crippen molar-refractivity contribution in [2.75, 3.05) is 17.3 Å². The van der Waals surface area contributed by atoms with Crippen molar-refractivity contribution < 1.29 is 24.2 Å². The molecule has 0 bridgehead atoms. The van der Waals surface area contributed by atoms with Crippen molar-refractivity contribution in [1.29, 1.82) is 0 Å². The maximum atomic E-state index is 13.1. The van der Waals surface area contributed by atoms with Crippen LogP contribution in [-0.2, 0) is 14.4 Å². The van der Waals surface area contributed by atoms with Crippen molar-refractivity contribution in [2.45, 2.75) is 13.0 Å². The second-order valence-corrected chi connectivity index (χ2v) is 7.41. The molecule has 2 amide bonds. The van der Waals surface area contributed by atoms with Crippen LogP contribution in [0.25, 0.3) is 5.76 Å². The summed E-state index contributed by atoms with van der Waals surface area (Å²) < 4.78 is 5.15. The molecule has 1 fully saturated rings. The van der Waals surface area contributed by atoms with E-state index in [4.69, 9.17) is 4.74 Å². The average Bonchev–Trinajstić information content (AvgIpc) is 3.10. The van der Waals surface area contributed by atoms with Crippen molar-refractivity contribution in [3.63, 3.8) is 0 Å². The number of ketones is 1. The predicted octanol–water partition coefficient (Wildman–Crippen LogP) is 3.67. The fraction of sp³-hybridized carbons (Fsp3) is 0.120. The molecule has 33 heavy (non-hydrogen) atoms. The van der Waals surface area contributed by atoms with Crippen LogP contribution < -0.4 is 15.0 Å². The molecule has 1 aromatic heterocycles. The summed E-state index contributed by atoms with van der Waals surface area (Å²) in [7, 11) is 1.53. The first kappa shape index (κ1) is 21.8. The van der Waals surface area contributed by atoms with E-state index in [1.165, 1.54) is 18.9 Å². The van der Waals surface area contributed by atoms with E-state index >= 15 is 0 Å². The molecule has 1 atom stereocenters. The lowest BCUT2D eigenvalue weighted by molar-refractivity contribution is -0.132. The van der Waals surface area contributed by atoms with Gasteiger partial charge in [-0.25, -0.2) is 0 Å². The van der Waals surface area contributed by atoms with Gasteiger partial charge in [-0.05, 0) is 66.2 Å². The number of hydrogen-bond acceptors (Lipinski definition) is 6. The molecule has 1 aliphatic heterocycles. The highest BCUT2D eigenvalue weighted by molar-refractivity contribution is 6.51. The van der Waals surface area contributed by atoms with Gasteiger partial charge in [-0.3, -0.25) is 24.3 Å². The summed E-state index contributed by atoms with van der Waals surface area (Å²) in [6.07, 6.45) is 3.12. The van der Waals surface area contributed by atoms with Gasteiger partial charge in [-0.15, -0.1) is 0 Å². The molecular weight excluding hydrogens is 422 g/mol. The second-order valence-electron chi connectivity index (χ2n) is 7.41. The Kier molecular flexibility index (Phi) is 5.91. The van der Waals surface area contributed by atoms with Crippen LogP contribution in [-0.4, -0.2) is 34.8 Å². The number of carbonyl (C=O) groups is 3. The Hall–Kier alpha value is -4.46. The highest BCUT2D eigenvalue weighted by Crippen LogP contribution is 2.42. The Balaban J connectivity index is 1.84. The van der Waals surface area contributed by atoms with Crippen LogP contribution in [0.4, 0.5) is 11.4 Å². The van der Waals surface area contributed by atoms with Gasteiger partial charge >= 0.3 is 0 Å². The van der Waals surface area contributed by atoms with Crippen LogP contribution in [0.5, 0.6) is 5.75 Å². The van der Waals surface area contributed by atoms with Crippen molar-refractivity contribution in [2.24, 2.45) is 0 Å². The van der Waals surface area contributed by atoms with Crippen LogP contribution >= 0.6 is 0 Å². The number of carbonyl (C=O) groups excluding carboxylic acids is 3. The zero-order valence-electron chi connectivity index (χ0n) is 18.0. The minimum Gasteiger partial charge on any atom is -0.507 e. The highest BCUT2D eigenvalue weighted by atomic mass is 16.5. The van der Waals surface area contributed by atoms with Gasteiger partial charge in [-0.1, -0.05) is 0 Å². The molecule has 0 radical (unpaired) electrons. The number of amides is 2. The summed E-state index contributed by atoms with van der Waals surface area (Å²) in [6, 6.07) is 15.6. The molecule has 8 heteroatoms. The normalized spacial score (nSPS) is 17.2. The number of aromatic nitrogens is 1. The van der Waals surface area contributed by atoms with E-state index in [-0.39, 0.29) is 17.2 Å². The van der Waals surface area contributed by atoms with Gasteiger partial charge in [0.1, 0.15) is 11.5 Å². The Labute approximate surface area is 190 Å². The minimum atomic E-state index is -0.860. The summed E-state index contributed by atoms with van der Waals surface area (Å²) in [5.41, 5.74) is 1.98. The fourth-order valence-corrected chi connectivity index (χ4v) is 3.77. The number of Topliss-reactive ketones (excluding diaryl/α,β-unsaturated/α-hetero) is 1. The van der Waals surface area contributed by atoms with Gasteiger partial charge in [0.05, 0.1) is 18.7 Å². The molecule has 166 valence electrons. The molecular formula is C25H21N3O5. The third-order valence-electron chi connectivity index (χ3n) is 5.30. The highest BCUT2D eigenvalue weighted by Gasteiger charge is 2.46. The average molecular weight is 443 g/mol. The number of anilines is 2. The van der Waals surface area contributed by atoms with Gasteiger partial charge in [0.15, 0.2) is 0 Å². The Morgan fingerprint density at radius 1 is 1.00 bits per heavy atom. The predicted molar refractivity (Wildman–Crippen MR) is 123 cm³/mol. The van der Waals surface area contributed by atoms with Gasteiger partial charge < -0.3 is 15.2 Å². The van der Waals surface area contributed by atoms with Gasteiger partial charge in [-0.2, -0.15) is 0 Å². The van der Waals surface area contributed by atoms with E-state index in [2.05, 4.69) is 10.3 Å². The van der Waals surface area contributed by atoms with Crippen LogP contribution in [0.15, 0.2) is 78.6 Å². The number of hydrogen-bond donors (Lipinski definition) is 2. The Morgan fingerprint density at radius 2 is 1.64 bits per heavy atom. The number of pyridine rings is 1. The lowest BCUT2D eigenvalue weighted by Gasteiger charge is -2.25. The summed E-state index contributed by atoms with van der Waals surface area (Å²) in [5.74, 6) is -1.47. The molecule has 8 nitrogen and oxygen atoms in total. The largest absolute Gasteiger partial charge is 0.507 e. The van der Waals surface area contributed by atoms with E-state index in [0.29, 0.717) is 28.3 Å². The van der Waals surface area contributed by atoms with Crippen molar-refractivity contribution >= 4 is 34.7 Å². The first-order valence-corrected chi connectivity index (χ1v) is 10.1. The van der Waals surface area contributed by atoms with Crippen LogP contribution in [0.3, 0.4) is 0 Å². The number of methoxy groups -OCH3 is 1. The van der Waals surface area contributed by atoms with Crippen molar-refractivity contribution in [3.8, 4) is 5.75 Å². The standard InChI is InChI=1S/C25H21N3O5/c1-15(29)27-18-5-7-19(8-6-18)28-22(16-11-13-26-14-12-16)21(24(31)25(28)32)23(30)17-3-9-20(33-2)10-4-17/h3-14,22,30H,1-2H3,(H,27,29)/b23-21-. The molecule has 0 aliphatic carbocycles. The van der Waals surface area contributed by atoms with E-state index in [1.54, 1.807) is 73.1 Å². The maximum absolute atomic E-state index is 13.1. The van der Waals surface area contributed by atoms with Crippen LogP contribution in [0, 0.1) is 0 Å².